The van der Waals surface area contributed by atoms with Crippen LogP contribution in [0.5, 0.6) is 0 Å². The number of rotatable bonds is 4. The highest BCUT2D eigenvalue weighted by Crippen LogP contribution is 2.33. The van der Waals surface area contributed by atoms with E-state index in [4.69, 9.17) is 0 Å². The van der Waals surface area contributed by atoms with Crippen molar-refractivity contribution in [2.24, 2.45) is 5.92 Å². The zero-order chi connectivity index (χ0) is 16.9. The maximum absolute atomic E-state index is 12.4. The van der Waals surface area contributed by atoms with Gasteiger partial charge in [0.05, 0.1) is 17.6 Å². The van der Waals surface area contributed by atoms with Gasteiger partial charge in [-0.05, 0) is 24.6 Å². The number of benzene rings is 2. The summed E-state index contributed by atoms with van der Waals surface area (Å²) in [4.78, 5) is 25.7. The number of para-hydroxylation sites is 1. The minimum Gasteiger partial charge on any atom is -0.350 e. The van der Waals surface area contributed by atoms with Crippen LogP contribution >= 0.6 is 11.8 Å². The van der Waals surface area contributed by atoms with Gasteiger partial charge in [0.1, 0.15) is 0 Å². The number of hydrogen-bond donors (Lipinski definition) is 2. The first-order valence-corrected chi connectivity index (χ1v) is 8.99. The van der Waals surface area contributed by atoms with Gasteiger partial charge in [0.25, 0.3) is 0 Å². The Kier molecular flexibility index (Phi) is 5.20. The molecule has 124 valence electrons. The first-order valence-electron chi connectivity index (χ1n) is 8.00. The molecule has 0 fully saturated rings. The summed E-state index contributed by atoms with van der Waals surface area (Å²) in [5.41, 5.74) is 1.88. The smallest absolute Gasteiger partial charge is 0.228 e. The summed E-state index contributed by atoms with van der Waals surface area (Å²) in [5.74, 6) is 0.0918. The van der Waals surface area contributed by atoms with E-state index in [1.54, 1.807) is 11.8 Å². The highest BCUT2D eigenvalue weighted by molar-refractivity contribution is 7.99. The van der Waals surface area contributed by atoms with Gasteiger partial charge < -0.3 is 10.6 Å². The lowest BCUT2D eigenvalue weighted by Crippen LogP contribution is -2.32. The van der Waals surface area contributed by atoms with Crippen LogP contribution in [0.1, 0.15) is 24.9 Å². The monoisotopic (exact) mass is 340 g/mol. The van der Waals surface area contributed by atoms with E-state index in [1.807, 2.05) is 61.5 Å². The summed E-state index contributed by atoms with van der Waals surface area (Å²) in [6, 6.07) is 17.5. The van der Waals surface area contributed by atoms with Crippen LogP contribution in [0.3, 0.4) is 0 Å². The van der Waals surface area contributed by atoms with E-state index in [0.29, 0.717) is 5.75 Å². The zero-order valence-corrected chi connectivity index (χ0v) is 14.3. The quantitative estimate of drug-likeness (QED) is 0.894. The Morgan fingerprint density at radius 3 is 2.71 bits per heavy atom. The van der Waals surface area contributed by atoms with Gasteiger partial charge in [-0.25, -0.2) is 0 Å². The van der Waals surface area contributed by atoms with E-state index in [9.17, 15) is 9.59 Å². The molecule has 1 aliphatic heterocycles. The number of amides is 2. The van der Waals surface area contributed by atoms with Crippen LogP contribution in [-0.2, 0) is 9.59 Å². The second-order valence-electron chi connectivity index (χ2n) is 5.90. The average molecular weight is 340 g/mol. The summed E-state index contributed by atoms with van der Waals surface area (Å²) < 4.78 is 0. The Bertz CT molecular complexity index is 733. The van der Waals surface area contributed by atoms with Crippen LogP contribution < -0.4 is 10.6 Å². The Hall–Kier alpha value is -2.27. The fraction of sp³-hybridized carbons (Fsp3) is 0.263. The largest absolute Gasteiger partial charge is 0.350 e. The van der Waals surface area contributed by atoms with Crippen molar-refractivity contribution < 1.29 is 9.59 Å². The number of nitrogens with one attached hydrogen (secondary N) is 2. The molecule has 24 heavy (non-hydrogen) atoms. The summed E-state index contributed by atoms with van der Waals surface area (Å²) in [6.45, 7) is 1.95. The Labute approximate surface area is 146 Å². The maximum Gasteiger partial charge on any atom is 0.228 e. The second kappa shape index (κ2) is 7.53. The lowest BCUT2D eigenvalue weighted by atomic mass is 10.0. The molecule has 5 heteroatoms. The van der Waals surface area contributed by atoms with Crippen molar-refractivity contribution in [3.8, 4) is 0 Å². The third kappa shape index (κ3) is 3.97. The minimum absolute atomic E-state index is 0.0719. The van der Waals surface area contributed by atoms with Gasteiger partial charge in [-0.2, -0.15) is 0 Å². The van der Waals surface area contributed by atoms with Gasteiger partial charge in [-0.15, -0.1) is 11.8 Å². The van der Waals surface area contributed by atoms with Gasteiger partial charge in [0.15, 0.2) is 0 Å². The molecule has 0 aliphatic carbocycles. The van der Waals surface area contributed by atoms with Crippen LogP contribution in [0.25, 0.3) is 0 Å². The fourth-order valence-corrected chi connectivity index (χ4v) is 3.80. The van der Waals surface area contributed by atoms with Crippen molar-refractivity contribution in [3.63, 3.8) is 0 Å². The van der Waals surface area contributed by atoms with E-state index in [2.05, 4.69) is 10.6 Å². The molecule has 1 heterocycles. The number of fused-ring (bicyclic) bond motifs is 1. The standard InChI is InChI=1S/C19H20N2O2S/c1-13(14-7-3-2-4-8-14)20-18(22)11-15-12-24-17-10-6-5-9-16(17)21-19(15)23/h2-10,13,15H,11-12H2,1H3,(H,20,22)(H,21,23)/t13-,15-/m1/s1. The second-order valence-corrected chi connectivity index (χ2v) is 6.96. The van der Waals surface area contributed by atoms with Crippen LogP contribution in [0.4, 0.5) is 5.69 Å². The third-order valence-electron chi connectivity index (χ3n) is 4.06. The van der Waals surface area contributed by atoms with Crippen molar-refractivity contribution in [3.05, 3.63) is 60.2 Å². The van der Waals surface area contributed by atoms with E-state index in [1.165, 1.54) is 0 Å². The zero-order valence-electron chi connectivity index (χ0n) is 13.5. The minimum atomic E-state index is -0.328. The molecule has 0 aromatic heterocycles. The van der Waals surface area contributed by atoms with Crippen LogP contribution in [0, 0.1) is 5.92 Å². The number of thioether (sulfide) groups is 1. The van der Waals surface area contributed by atoms with Crippen molar-refractivity contribution in [1.82, 2.24) is 5.32 Å². The highest BCUT2D eigenvalue weighted by atomic mass is 32.2. The molecule has 3 rings (SSSR count). The van der Waals surface area contributed by atoms with Gasteiger partial charge in [0, 0.05) is 17.1 Å². The first-order chi connectivity index (χ1) is 11.6. The van der Waals surface area contributed by atoms with Gasteiger partial charge in [-0.1, -0.05) is 42.5 Å². The predicted octanol–water partition coefficient (Wildman–Crippen LogP) is 3.61. The molecular weight excluding hydrogens is 320 g/mol. The molecule has 0 spiro atoms. The summed E-state index contributed by atoms with van der Waals surface area (Å²) in [5, 5.41) is 5.90. The number of hydrogen-bond acceptors (Lipinski definition) is 3. The first kappa shape index (κ1) is 16.6. The molecule has 0 bridgehead atoms. The molecular formula is C19H20N2O2S. The number of carbonyl (C=O) groups excluding carboxylic acids is 2. The van der Waals surface area contributed by atoms with Gasteiger partial charge in [0.2, 0.25) is 11.8 Å². The van der Waals surface area contributed by atoms with Crippen LogP contribution in [-0.4, -0.2) is 17.6 Å². The SMILES string of the molecule is C[C@@H](NC(=O)C[C@@H]1CSc2ccccc2NC1=O)c1ccccc1. The fourth-order valence-electron chi connectivity index (χ4n) is 2.70. The predicted molar refractivity (Wildman–Crippen MR) is 96.9 cm³/mol. The lowest BCUT2D eigenvalue weighted by Gasteiger charge is -2.17. The van der Waals surface area contributed by atoms with Crippen molar-refractivity contribution in [1.29, 1.82) is 0 Å². The van der Waals surface area contributed by atoms with Crippen molar-refractivity contribution in [2.45, 2.75) is 24.3 Å². The molecule has 1 aliphatic rings. The molecule has 2 aromatic rings. The summed E-state index contributed by atoms with van der Waals surface area (Å²) in [7, 11) is 0. The normalized spacial score (nSPS) is 18.0. The Morgan fingerprint density at radius 2 is 1.92 bits per heavy atom. The summed E-state index contributed by atoms with van der Waals surface area (Å²) in [6.07, 6.45) is 0.198. The molecule has 2 N–H and O–H groups in total. The van der Waals surface area contributed by atoms with Crippen molar-refractivity contribution in [2.75, 3.05) is 11.1 Å². The third-order valence-corrected chi connectivity index (χ3v) is 5.30. The Balaban J connectivity index is 1.60. The molecule has 0 saturated carbocycles. The molecule has 2 aromatic carbocycles. The highest BCUT2D eigenvalue weighted by Gasteiger charge is 2.26. The molecule has 0 radical (unpaired) electrons. The maximum atomic E-state index is 12.4. The average Bonchev–Trinajstić information content (AvgIpc) is 2.75. The lowest BCUT2D eigenvalue weighted by molar-refractivity contribution is -0.127. The summed E-state index contributed by atoms with van der Waals surface area (Å²) >= 11 is 1.62. The molecule has 4 nitrogen and oxygen atoms in total. The molecule has 0 saturated heterocycles. The molecule has 2 amide bonds. The van der Waals surface area contributed by atoms with E-state index in [0.717, 1.165) is 16.1 Å². The molecule has 2 atom stereocenters. The number of anilines is 1. The topological polar surface area (TPSA) is 58.2 Å². The van der Waals surface area contributed by atoms with Crippen LogP contribution in [0.2, 0.25) is 0 Å². The van der Waals surface area contributed by atoms with Crippen molar-refractivity contribution >= 4 is 29.3 Å². The van der Waals surface area contributed by atoms with Gasteiger partial charge in [-0.3, -0.25) is 9.59 Å². The van der Waals surface area contributed by atoms with Crippen LogP contribution in [0.15, 0.2) is 59.5 Å². The van der Waals surface area contributed by atoms with E-state index < -0.39 is 0 Å². The number of carbonyl (C=O) groups is 2. The molecule has 0 unspecified atom stereocenters. The van der Waals surface area contributed by atoms with Gasteiger partial charge >= 0.3 is 0 Å². The Morgan fingerprint density at radius 1 is 1.21 bits per heavy atom. The van der Waals surface area contributed by atoms with E-state index >= 15 is 0 Å². The van der Waals surface area contributed by atoms with E-state index in [-0.39, 0.29) is 30.2 Å².